The van der Waals surface area contributed by atoms with E-state index >= 15 is 0 Å². The number of pyridine rings is 1. The van der Waals surface area contributed by atoms with Gasteiger partial charge in [-0.2, -0.15) is 5.10 Å². The SMILES string of the molecule is CC1=Cc2cc([C@@H](CCC(=O)c3c(Cl)cc(-n4cnc(C)n4)cc3Cl)c3cccc(F)c3)cnc2C1. The van der Waals surface area contributed by atoms with Crippen LogP contribution >= 0.6 is 23.2 Å². The fraction of sp³-hybridized carbons (Fsp3) is 0.214. The number of carbonyl (C=O) groups excluding carboxylic acids is 1. The number of rotatable bonds is 7. The zero-order chi connectivity index (χ0) is 25.4. The Balaban J connectivity index is 1.42. The minimum absolute atomic E-state index is 0.175. The van der Waals surface area contributed by atoms with Crippen molar-refractivity contribution in [3.63, 3.8) is 0 Å². The van der Waals surface area contributed by atoms with Crippen molar-refractivity contribution < 1.29 is 9.18 Å². The minimum atomic E-state index is -0.321. The van der Waals surface area contributed by atoms with Gasteiger partial charge < -0.3 is 0 Å². The molecule has 1 aliphatic rings. The maximum atomic E-state index is 14.1. The standard InChI is InChI=1S/C28H23Cl2FN4O/c1-16-8-19-10-20(14-32-26(19)9-16)23(18-4-3-5-21(31)11-18)6-7-27(36)28-24(29)12-22(13-25(28)30)35-15-33-17(2)34-35/h3-5,8,10-15,23H,6-7,9H2,1-2H3/t23-/m0/s1. The van der Waals surface area contributed by atoms with Crippen LogP contribution < -0.4 is 0 Å². The second kappa shape index (κ2) is 9.96. The molecule has 5 nitrogen and oxygen atoms in total. The molecule has 182 valence electrons. The third-order valence-electron chi connectivity index (χ3n) is 6.36. The Morgan fingerprint density at radius 1 is 1.08 bits per heavy atom. The highest BCUT2D eigenvalue weighted by molar-refractivity contribution is 6.40. The van der Waals surface area contributed by atoms with E-state index in [1.165, 1.54) is 17.7 Å². The highest BCUT2D eigenvalue weighted by Gasteiger charge is 2.23. The zero-order valence-corrected chi connectivity index (χ0v) is 21.3. The third-order valence-corrected chi connectivity index (χ3v) is 6.96. The van der Waals surface area contributed by atoms with Gasteiger partial charge in [0.15, 0.2) is 5.78 Å². The van der Waals surface area contributed by atoms with Gasteiger partial charge in [0.1, 0.15) is 18.0 Å². The number of hydrogen-bond donors (Lipinski definition) is 0. The number of aromatic nitrogens is 4. The number of allylic oxidation sites excluding steroid dienone is 1. The molecule has 1 atom stereocenters. The molecular weight excluding hydrogens is 498 g/mol. The average Bonchev–Trinajstić information content (AvgIpc) is 3.43. The molecule has 2 aromatic heterocycles. The van der Waals surface area contributed by atoms with Gasteiger partial charge in [-0.05, 0) is 67.3 Å². The molecule has 0 fully saturated rings. The van der Waals surface area contributed by atoms with Crippen LogP contribution in [-0.2, 0) is 6.42 Å². The van der Waals surface area contributed by atoms with Crippen molar-refractivity contribution in [3.8, 4) is 5.69 Å². The molecule has 0 bridgehead atoms. The molecule has 1 aliphatic carbocycles. The Morgan fingerprint density at radius 3 is 2.56 bits per heavy atom. The van der Waals surface area contributed by atoms with Crippen LogP contribution in [0.4, 0.5) is 4.39 Å². The molecule has 4 aromatic rings. The van der Waals surface area contributed by atoms with E-state index in [0.717, 1.165) is 28.8 Å². The predicted octanol–water partition coefficient (Wildman–Crippen LogP) is 7.17. The molecule has 5 rings (SSSR count). The van der Waals surface area contributed by atoms with Gasteiger partial charge in [-0.25, -0.2) is 14.1 Å². The maximum Gasteiger partial charge on any atom is 0.165 e. The first kappa shape index (κ1) is 24.3. The smallest absolute Gasteiger partial charge is 0.165 e. The summed E-state index contributed by atoms with van der Waals surface area (Å²) in [5.74, 6) is -0.111. The first-order valence-electron chi connectivity index (χ1n) is 11.6. The summed E-state index contributed by atoms with van der Waals surface area (Å²) in [5, 5.41) is 4.76. The molecule has 36 heavy (non-hydrogen) atoms. The second-order valence-corrected chi connectivity index (χ2v) is 9.88. The molecule has 0 saturated carbocycles. The molecule has 0 saturated heterocycles. The molecule has 0 aliphatic heterocycles. The third kappa shape index (κ3) is 4.97. The van der Waals surface area contributed by atoms with E-state index in [-0.39, 0.29) is 39.5 Å². The van der Waals surface area contributed by atoms with Crippen LogP contribution in [0.25, 0.3) is 11.8 Å². The van der Waals surface area contributed by atoms with Gasteiger partial charge in [-0.3, -0.25) is 9.78 Å². The first-order chi connectivity index (χ1) is 17.3. The lowest BCUT2D eigenvalue weighted by Crippen LogP contribution is -2.09. The average molecular weight is 521 g/mol. The van der Waals surface area contributed by atoms with Crippen molar-refractivity contribution in [2.24, 2.45) is 0 Å². The van der Waals surface area contributed by atoms with Gasteiger partial charge >= 0.3 is 0 Å². The summed E-state index contributed by atoms with van der Waals surface area (Å²) >= 11 is 13.0. The summed E-state index contributed by atoms with van der Waals surface area (Å²) in [6.07, 6.45) is 6.97. The van der Waals surface area contributed by atoms with E-state index in [0.29, 0.717) is 17.9 Å². The molecule has 0 spiro atoms. The highest BCUT2D eigenvalue weighted by atomic mass is 35.5. The van der Waals surface area contributed by atoms with Gasteiger partial charge in [0.25, 0.3) is 0 Å². The number of ketones is 1. The number of nitrogens with zero attached hydrogens (tertiary/aromatic N) is 4. The van der Waals surface area contributed by atoms with Crippen molar-refractivity contribution in [2.45, 2.75) is 39.0 Å². The molecule has 0 radical (unpaired) electrons. The molecule has 2 aromatic carbocycles. The largest absolute Gasteiger partial charge is 0.294 e. The summed E-state index contributed by atoms with van der Waals surface area (Å²) in [6.45, 7) is 3.85. The highest BCUT2D eigenvalue weighted by Crippen LogP contribution is 2.35. The van der Waals surface area contributed by atoms with E-state index in [2.05, 4.69) is 34.1 Å². The summed E-state index contributed by atoms with van der Waals surface area (Å²) in [7, 11) is 0. The van der Waals surface area contributed by atoms with Crippen LogP contribution in [0.5, 0.6) is 0 Å². The van der Waals surface area contributed by atoms with Crippen molar-refractivity contribution in [3.05, 3.63) is 110 Å². The van der Waals surface area contributed by atoms with E-state index in [4.69, 9.17) is 23.2 Å². The Hall–Kier alpha value is -3.35. The van der Waals surface area contributed by atoms with E-state index in [9.17, 15) is 9.18 Å². The molecule has 0 N–H and O–H groups in total. The van der Waals surface area contributed by atoms with E-state index in [1.54, 1.807) is 36.1 Å². The second-order valence-electron chi connectivity index (χ2n) is 9.06. The quantitative estimate of drug-likeness (QED) is 0.242. The van der Waals surface area contributed by atoms with E-state index in [1.807, 2.05) is 12.3 Å². The van der Waals surface area contributed by atoms with Gasteiger partial charge in [-0.1, -0.05) is 47.0 Å². The summed E-state index contributed by atoms with van der Waals surface area (Å²) < 4.78 is 15.7. The number of halogens is 3. The van der Waals surface area contributed by atoms with Crippen LogP contribution in [0.1, 0.15) is 64.2 Å². The Kier molecular flexibility index (Phi) is 6.73. The monoisotopic (exact) mass is 520 g/mol. The maximum absolute atomic E-state index is 14.1. The fourth-order valence-electron chi connectivity index (χ4n) is 4.65. The van der Waals surface area contributed by atoms with Crippen LogP contribution in [0.15, 0.2) is 60.6 Å². The van der Waals surface area contributed by atoms with Gasteiger partial charge in [0, 0.05) is 25.0 Å². The van der Waals surface area contributed by atoms with Crippen LogP contribution in [0.3, 0.4) is 0 Å². The number of Topliss-reactive ketones (excluding diaryl/α,β-unsaturated/α-hetero) is 1. The van der Waals surface area contributed by atoms with E-state index < -0.39 is 0 Å². The minimum Gasteiger partial charge on any atom is -0.294 e. The lowest BCUT2D eigenvalue weighted by molar-refractivity contribution is 0.0979. The molecule has 8 heteroatoms. The topological polar surface area (TPSA) is 60.7 Å². The lowest BCUT2D eigenvalue weighted by atomic mass is 9.86. The van der Waals surface area contributed by atoms with Crippen LogP contribution in [-0.4, -0.2) is 25.5 Å². The van der Waals surface area contributed by atoms with Gasteiger partial charge in [0.2, 0.25) is 0 Å². The number of fused-ring (bicyclic) bond motifs is 1. The zero-order valence-electron chi connectivity index (χ0n) is 19.8. The van der Waals surface area contributed by atoms with Crippen molar-refractivity contribution in [2.75, 3.05) is 0 Å². The first-order valence-corrected chi connectivity index (χ1v) is 12.4. The number of carbonyl (C=O) groups is 1. The van der Waals surface area contributed by atoms with Crippen molar-refractivity contribution >= 4 is 35.1 Å². The van der Waals surface area contributed by atoms with Crippen molar-refractivity contribution in [1.82, 2.24) is 19.7 Å². The van der Waals surface area contributed by atoms with Crippen LogP contribution in [0, 0.1) is 12.7 Å². The van der Waals surface area contributed by atoms with Gasteiger partial charge in [0.05, 0.1) is 27.0 Å². The lowest BCUT2D eigenvalue weighted by Gasteiger charge is -2.19. The van der Waals surface area contributed by atoms with Gasteiger partial charge in [-0.15, -0.1) is 0 Å². The molecule has 0 amide bonds. The fourth-order valence-corrected chi connectivity index (χ4v) is 5.34. The summed E-state index contributed by atoms with van der Waals surface area (Å²) in [4.78, 5) is 22.1. The van der Waals surface area contributed by atoms with Crippen LogP contribution in [0.2, 0.25) is 10.0 Å². The number of aryl methyl sites for hydroxylation is 1. The molecule has 2 heterocycles. The molecular formula is C28H23Cl2FN4O. The normalized spacial score (nSPS) is 13.4. The molecule has 0 unspecified atom stereocenters. The number of benzene rings is 2. The Morgan fingerprint density at radius 2 is 1.86 bits per heavy atom. The van der Waals surface area contributed by atoms with Crippen molar-refractivity contribution in [1.29, 1.82) is 0 Å². The summed E-state index contributed by atoms with van der Waals surface area (Å²) in [5.41, 5.74) is 5.97. The predicted molar refractivity (Wildman–Crippen MR) is 140 cm³/mol. The summed E-state index contributed by atoms with van der Waals surface area (Å²) in [6, 6.07) is 11.9. The number of hydrogen-bond acceptors (Lipinski definition) is 4. The Bertz CT molecular complexity index is 1490. The Labute approximate surface area is 218 Å².